The van der Waals surface area contributed by atoms with Crippen molar-refractivity contribution in [2.24, 2.45) is 0 Å². The zero-order chi connectivity index (χ0) is 12.5. The van der Waals surface area contributed by atoms with Gasteiger partial charge in [-0.05, 0) is 31.0 Å². The first-order valence-electron chi connectivity index (χ1n) is 6.10. The zero-order valence-electron chi connectivity index (χ0n) is 10.6. The predicted molar refractivity (Wildman–Crippen MR) is 70.1 cm³/mol. The molecule has 1 rings (SSSR count). The number of nitrogens with zero attached hydrogens (tertiary/aromatic N) is 1. The van der Waals surface area contributed by atoms with Gasteiger partial charge in [-0.2, -0.15) is 5.26 Å². The minimum absolute atomic E-state index is 0.685. The first kappa shape index (κ1) is 13.5. The number of ether oxygens (including phenoxy) is 1. The van der Waals surface area contributed by atoms with Crippen molar-refractivity contribution in [3.63, 3.8) is 0 Å². The summed E-state index contributed by atoms with van der Waals surface area (Å²) in [4.78, 5) is 0. The SMILES string of the molecule is CCCCOCCNc1cc(C#N)ccc1C. The molecule has 0 fully saturated rings. The molecule has 0 bridgehead atoms. The number of benzene rings is 1. The number of hydrogen-bond donors (Lipinski definition) is 1. The third kappa shape index (κ3) is 4.88. The fourth-order valence-electron chi connectivity index (χ4n) is 1.49. The lowest BCUT2D eigenvalue weighted by atomic mass is 10.1. The molecule has 0 aromatic heterocycles. The van der Waals surface area contributed by atoms with E-state index in [0.717, 1.165) is 37.2 Å². The minimum atomic E-state index is 0.685. The first-order chi connectivity index (χ1) is 8.27. The third-order valence-electron chi connectivity index (χ3n) is 2.57. The Labute approximate surface area is 103 Å². The number of hydrogen-bond acceptors (Lipinski definition) is 3. The van der Waals surface area contributed by atoms with Gasteiger partial charge in [0.25, 0.3) is 0 Å². The summed E-state index contributed by atoms with van der Waals surface area (Å²) in [7, 11) is 0. The van der Waals surface area contributed by atoms with E-state index in [1.165, 1.54) is 0 Å². The van der Waals surface area contributed by atoms with Crippen molar-refractivity contribution in [1.82, 2.24) is 0 Å². The van der Waals surface area contributed by atoms with Crippen molar-refractivity contribution < 1.29 is 4.74 Å². The molecule has 0 saturated carbocycles. The second kappa shape index (κ2) is 7.70. The summed E-state index contributed by atoms with van der Waals surface area (Å²) in [6.07, 6.45) is 2.28. The van der Waals surface area contributed by atoms with Gasteiger partial charge < -0.3 is 10.1 Å². The first-order valence-corrected chi connectivity index (χ1v) is 6.10. The summed E-state index contributed by atoms with van der Waals surface area (Å²) < 4.78 is 5.46. The van der Waals surface area contributed by atoms with Gasteiger partial charge in [0.2, 0.25) is 0 Å². The molecule has 0 amide bonds. The van der Waals surface area contributed by atoms with Crippen molar-refractivity contribution in [2.75, 3.05) is 25.1 Å². The van der Waals surface area contributed by atoms with E-state index in [1.807, 2.05) is 25.1 Å². The number of nitriles is 1. The molecule has 92 valence electrons. The summed E-state index contributed by atoms with van der Waals surface area (Å²) in [5, 5.41) is 12.1. The lowest BCUT2D eigenvalue weighted by Gasteiger charge is -2.10. The van der Waals surface area contributed by atoms with Crippen molar-refractivity contribution >= 4 is 5.69 Å². The largest absolute Gasteiger partial charge is 0.382 e. The maximum absolute atomic E-state index is 8.82. The second-order valence-electron chi connectivity index (χ2n) is 4.03. The molecule has 3 nitrogen and oxygen atoms in total. The summed E-state index contributed by atoms with van der Waals surface area (Å²) in [6.45, 7) is 6.49. The van der Waals surface area contributed by atoms with Gasteiger partial charge in [0.1, 0.15) is 0 Å². The van der Waals surface area contributed by atoms with Gasteiger partial charge in [0.05, 0.1) is 18.2 Å². The number of unbranched alkanes of at least 4 members (excludes halogenated alkanes) is 1. The molecule has 0 radical (unpaired) electrons. The minimum Gasteiger partial charge on any atom is -0.382 e. The smallest absolute Gasteiger partial charge is 0.0992 e. The summed E-state index contributed by atoms with van der Waals surface area (Å²) in [5.74, 6) is 0. The van der Waals surface area contributed by atoms with Crippen molar-refractivity contribution in [1.29, 1.82) is 5.26 Å². The molecule has 17 heavy (non-hydrogen) atoms. The van der Waals surface area contributed by atoms with Crippen LogP contribution in [-0.4, -0.2) is 19.8 Å². The van der Waals surface area contributed by atoms with E-state index in [2.05, 4.69) is 18.3 Å². The highest BCUT2D eigenvalue weighted by Gasteiger charge is 1.99. The average Bonchev–Trinajstić information content (AvgIpc) is 2.35. The van der Waals surface area contributed by atoms with E-state index in [9.17, 15) is 0 Å². The van der Waals surface area contributed by atoms with E-state index >= 15 is 0 Å². The van der Waals surface area contributed by atoms with Crippen LogP contribution in [0.1, 0.15) is 30.9 Å². The second-order valence-corrected chi connectivity index (χ2v) is 4.03. The Balaban J connectivity index is 2.33. The van der Waals surface area contributed by atoms with Gasteiger partial charge in [-0.3, -0.25) is 0 Å². The molecule has 1 aromatic rings. The molecule has 0 aliphatic rings. The summed E-state index contributed by atoms with van der Waals surface area (Å²) >= 11 is 0. The van der Waals surface area contributed by atoms with E-state index in [1.54, 1.807) is 0 Å². The van der Waals surface area contributed by atoms with Crippen LogP contribution in [0.2, 0.25) is 0 Å². The maximum atomic E-state index is 8.82. The van der Waals surface area contributed by atoms with Crippen LogP contribution in [0.3, 0.4) is 0 Å². The Bertz CT molecular complexity index is 382. The summed E-state index contributed by atoms with van der Waals surface area (Å²) in [6, 6.07) is 7.81. The molecule has 0 atom stereocenters. The van der Waals surface area contributed by atoms with E-state index < -0.39 is 0 Å². The highest BCUT2D eigenvalue weighted by molar-refractivity contribution is 5.55. The molecular weight excluding hydrogens is 212 g/mol. The molecule has 1 aromatic carbocycles. The average molecular weight is 232 g/mol. The van der Waals surface area contributed by atoms with Crippen LogP contribution in [0.4, 0.5) is 5.69 Å². The Kier molecular flexibility index (Phi) is 6.13. The van der Waals surface area contributed by atoms with Crippen LogP contribution < -0.4 is 5.32 Å². The van der Waals surface area contributed by atoms with E-state index in [0.29, 0.717) is 12.2 Å². The molecule has 1 N–H and O–H groups in total. The van der Waals surface area contributed by atoms with Crippen LogP contribution in [0.5, 0.6) is 0 Å². The van der Waals surface area contributed by atoms with Crippen LogP contribution in [0.25, 0.3) is 0 Å². The monoisotopic (exact) mass is 232 g/mol. The normalized spacial score (nSPS) is 9.94. The lowest BCUT2D eigenvalue weighted by molar-refractivity contribution is 0.141. The number of rotatable bonds is 7. The standard InChI is InChI=1S/C14H20N2O/c1-3-4-8-17-9-7-16-14-10-13(11-15)6-5-12(14)2/h5-6,10,16H,3-4,7-9H2,1-2H3. The molecular formula is C14H20N2O. The van der Waals surface area contributed by atoms with Crippen LogP contribution in [-0.2, 0) is 4.74 Å². The Morgan fingerprint density at radius 2 is 2.18 bits per heavy atom. The lowest BCUT2D eigenvalue weighted by Crippen LogP contribution is -2.10. The van der Waals surface area contributed by atoms with Crippen LogP contribution >= 0.6 is 0 Å². The molecule has 0 heterocycles. The third-order valence-corrected chi connectivity index (χ3v) is 2.57. The highest BCUT2D eigenvalue weighted by atomic mass is 16.5. The topological polar surface area (TPSA) is 45.0 Å². The van der Waals surface area contributed by atoms with Gasteiger partial charge in [-0.1, -0.05) is 19.4 Å². The van der Waals surface area contributed by atoms with Crippen molar-refractivity contribution in [3.8, 4) is 6.07 Å². The fraction of sp³-hybridized carbons (Fsp3) is 0.500. The highest BCUT2D eigenvalue weighted by Crippen LogP contribution is 2.15. The van der Waals surface area contributed by atoms with E-state index in [4.69, 9.17) is 10.00 Å². The van der Waals surface area contributed by atoms with Gasteiger partial charge in [0, 0.05) is 18.8 Å². The van der Waals surface area contributed by atoms with Gasteiger partial charge in [-0.25, -0.2) is 0 Å². The quantitative estimate of drug-likeness (QED) is 0.735. The van der Waals surface area contributed by atoms with Crippen molar-refractivity contribution in [3.05, 3.63) is 29.3 Å². The molecule has 0 aliphatic heterocycles. The van der Waals surface area contributed by atoms with Gasteiger partial charge in [-0.15, -0.1) is 0 Å². The van der Waals surface area contributed by atoms with Gasteiger partial charge >= 0.3 is 0 Å². The molecule has 0 unspecified atom stereocenters. The van der Waals surface area contributed by atoms with Gasteiger partial charge in [0.15, 0.2) is 0 Å². The molecule has 0 spiro atoms. The number of nitrogens with one attached hydrogen (secondary N) is 1. The van der Waals surface area contributed by atoms with Crippen LogP contribution in [0, 0.1) is 18.3 Å². The molecule has 0 saturated heterocycles. The fourth-order valence-corrected chi connectivity index (χ4v) is 1.49. The number of anilines is 1. The summed E-state index contributed by atoms with van der Waals surface area (Å²) in [5.41, 5.74) is 2.85. The van der Waals surface area contributed by atoms with E-state index in [-0.39, 0.29) is 0 Å². The van der Waals surface area contributed by atoms with Crippen LogP contribution in [0.15, 0.2) is 18.2 Å². The molecule has 0 aliphatic carbocycles. The Hall–Kier alpha value is -1.53. The predicted octanol–water partition coefficient (Wildman–Crippen LogP) is 3.10. The zero-order valence-corrected chi connectivity index (χ0v) is 10.6. The molecule has 3 heteroatoms. The Morgan fingerprint density at radius 3 is 2.88 bits per heavy atom. The van der Waals surface area contributed by atoms with Crippen molar-refractivity contribution in [2.45, 2.75) is 26.7 Å². The Morgan fingerprint density at radius 1 is 1.35 bits per heavy atom. The maximum Gasteiger partial charge on any atom is 0.0992 e. The number of aryl methyl sites for hydroxylation is 1.